The molecule has 196 valence electrons. The number of fused-ring (bicyclic) bond motifs is 1. The van der Waals surface area contributed by atoms with Gasteiger partial charge in [-0.3, -0.25) is 4.79 Å². The molecule has 0 spiro atoms. The second-order valence-corrected chi connectivity index (χ2v) is 10.3. The number of carbonyl (C=O) groups excluding carboxylic acids is 1. The summed E-state index contributed by atoms with van der Waals surface area (Å²) >= 11 is 6.33. The molecule has 0 unspecified atom stereocenters. The van der Waals surface area contributed by atoms with Gasteiger partial charge >= 0.3 is 0 Å². The Morgan fingerprint density at radius 2 is 1.64 bits per heavy atom. The third kappa shape index (κ3) is 5.22. The first kappa shape index (κ1) is 25.1. The Morgan fingerprint density at radius 1 is 0.872 bits per heavy atom. The zero-order chi connectivity index (χ0) is 26.8. The molecule has 0 bridgehead atoms. The van der Waals surface area contributed by atoms with Crippen LogP contribution in [-0.4, -0.2) is 56.7 Å². The fourth-order valence-electron chi connectivity index (χ4n) is 5.04. The van der Waals surface area contributed by atoms with E-state index in [9.17, 15) is 4.79 Å². The molecule has 1 saturated heterocycles. The Kier molecular flexibility index (Phi) is 6.99. The molecule has 7 nitrogen and oxygen atoms in total. The number of rotatable bonds is 5. The second kappa shape index (κ2) is 10.9. The lowest BCUT2D eigenvalue weighted by Gasteiger charge is -2.24. The van der Waals surface area contributed by atoms with Crippen molar-refractivity contribution < 1.29 is 4.79 Å². The van der Waals surface area contributed by atoms with Gasteiger partial charge in [-0.25, -0.2) is 14.6 Å². The Morgan fingerprint density at radius 3 is 2.44 bits per heavy atom. The van der Waals surface area contributed by atoms with Crippen LogP contribution < -0.4 is 4.90 Å². The summed E-state index contributed by atoms with van der Waals surface area (Å²) in [6.45, 7) is 4.76. The number of hydrogen-bond acceptors (Lipinski definition) is 5. The van der Waals surface area contributed by atoms with Crippen LogP contribution in [0.5, 0.6) is 0 Å². The van der Waals surface area contributed by atoms with Gasteiger partial charge in [-0.1, -0.05) is 71.8 Å². The minimum atomic E-state index is -0.0350. The fourth-order valence-corrected chi connectivity index (χ4v) is 5.26. The van der Waals surface area contributed by atoms with Crippen LogP contribution in [0.2, 0.25) is 5.02 Å². The van der Waals surface area contributed by atoms with E-state index in [4.69, 9.17) is 26.7 Å². The minimum absolute atomic E-state index is 0.0350. The van der Waals surface area contributed by atoms with Crippen molar-refractivity contribution in [3.63, 3.8) is 0 Å². The van der Waals surface area contributed by atoms with Crippen molar-refractivity contribution >= 4 is 34.4 Å². The number of benzene rings is 3. The van der Waals surface area contributed by atoms with Gasteiger partial charge in [0, 0.05) is 32.6 Å². The van der Waals surface area contributed by atoms with E-state index in [-0.39, 0.29) is 5.91 Å². The van der Waals surface area contributed by atoms with E-state index < -0.39 is 0 Å². The van der Waals surface area contributed by atoms with Crippen molar-refractivity contribution in [2.24, 2.45) is 0 Å². The number of anilines is 1. The maximum absolute atomic E-state index is 13.3. The molecule has 0 aliphatic carbocycles. The number of aryl methyl sites for hydroxylation is 1. The van der Waals surface area contributed by atoms with Crippen molar-refractivity contribution in [3.05, 3.63) is 113 Å². The molecule has 1 fully saturated rings. The van der Waals surface area contributed by atoms with Crippen LogP contribution in [0, 0.1) is 6.92 Å². The molecule has 1 aliphatic rings. The molecule has 3 aromatic carbocycles. The molecule has 6 rings (SSSR count). The van der Waals surface area contributed by atoms with Gasteiger partial charge in [0.25, 0.3) is 5.91 Å². The molecular weight excluding hydrogens is 508 g/mol. The molecule has 0 radical (unpaired) electrons. The number of halogens is 1. The summed E-state index contributed by atoms with van der Waals surface area (Å²) < 4.78 is 1.88. The average molecular weight is 537 g/mol. The third-order valence-corrected chi connectivity index (χ3v) is 7.45. The third-order valence-electron chi connectivity index (χ3n) is 7.13. The van der Waals surface area contributed by atoms with Crippen LogP contribution in [0.1, 0.15) is 33.7 Å². The van der Waals surface area contributed by atoms with Crippen molar-refractivity contribution in [2.45, 2.75) is 19.8 Å². The SMILES string of the molecule is Cc1ccc(Cc2nc(N3CCCN(C(=O)c4ccccc4Cl)CC3)c3cnn(-c4ccccc4)c3n2)cc1. The van der Waals surface area contributed by atoms with Crippen molar-refractivity contribution in [3.8, 4) is 5.69 Å². The van der Waals surface area contributed by atoms with E-state index in [2.05, 4.69) is 36.1 Å². The zero-order valence-electron chi connectivity index (χ0n) is 21.8. The largest absolute Gasteiger partial charge is 0.354 e. The average Bonchev–Trinajstić information content (AvgIpc) is 3.23. The van der Waals surface area contributed by atoms with E-state index in [0.717, 1.165) is 46.9 Å². The first-order chi connectivity index (χ1) is 19.1. The number of amides is 1. The summed E-state index contributed by atoms with van der Waals surface area (Å²) in [4.78, 5) is 27.5. The van der Waals surface area contributed by atoms with E-state index in [1.807, 2.05) is 58.2 Å². The molecule has 0 saturated carbocycles. The Balaban J connectivity index is 1.35. The van der Waals surface area contributed by atoms with Gasteiger partial charge in [0.2, 0.25) is 0 Å². The van der Waals surface area contributed by atoms with Crippen molar-refractivity contribution in [1.82, 2.24) is 24.6 Å². The number of para-hydroxylation sites is 1. The molecule has 8 heteroatoms. The molecule has 39 heavy (non-hydrogen) atoms. The summed E-state index contributed by atoms with van der Waals surface area (Å²) in [6.07, 6.45) is 3.29. The van der Waals surface area contributed by atoms with E-state index in [0.29, 0.717) is 36.6 Å². The van der Waals surface area contributed by atoms with Crippen LogP contribution >= 0.6 is 11.6 Å². The first-order valence-electron chi connectivity index (χ1n) is 13.2. The lowest BCUT2D eigenvalue weighted by Crippen LogP contribution is -2.35. The summed E-state index contributed by atoms with van der Waals surface area (Å²) in [5.41, 5.74) is 4.65. The van der Waals surface area contributed by atoms with Gasteiger partial charge < -0.3 is 9.80 Å². The van der Waals surface area contributed by atoms with Gasteiger partial charge in [0.15, 0.2) is 5.65 Å². The number of aromatic nitrogens is 4. The molecular formula is C31H29ClN6O. The molecule has 1 aliphatic heterocycles. The van der Waals surface area contributed by atoms with Gasteiger partial charge in [-0.2, -0.15) is 5.10 Å². The highest BCUT2D eigenvalue weighted by Gasteiger charge is 2.25. The Bertz CT molecular complexity index is 1620. The summed E-state index contributed by atoms with van der Waals surface area (Å²) in [6, 6.07) is 25.8. The van der Waals surface area contributed by atoms with Crippen LogP contribution in [0.25, 0.3) is 16.7 Å². The molecule has 2 aromatic heterocycles. The highest BCUT2D eigenvalue weighted by atomic mass is 35.5. The number of carbonyl (C=O) groups is 1. The Labute approximate surface area is 232 Å². The first-order valence-corrected chi connectivity index (χ1v) is 13.6. The van der Waals surface area contributed by atoms with E-state index in [1.54, 1.807) is 12.1 Å². The predicted molar refractivity (Wildman–Crippen MR) is 155 cm³/mol. The van der Waals surface area contributed by atoms with Crippen LogP contribution in [0.3, 0.4) is 0 Å². The topological polar surface area (TPSA) is 67.2 Å². The molecule has 5 aromatic rings. The molecule has 1 amide bonds. The minimum Gasteiger partial charge on any atom is -0.354 e. The van der Waals surface area contributed by atoms with E-state index >= 15 is 0 Å². The second-order valence-electron chi connectivity index (χ2n) is 9.87. The van der Waals surface area contributed by atoms with Gasteiger partial charge in [0.1, 0.15) is 11.6 Å². The fraction of sp³-hybridized carbons (Fsp3) is 0.226. The maximum Gasteiger partial charge on any atom is 0.255 e. The quantitative estimate of drug-likeness (QED) is 0.287. The summed E-state index contributed by atoms with van der Waals surface area (Å²) in [5, 5.41) is 6.09. The lowest BCUT2D eigenvalue weighted by atomic mass is 10.1. The van der Waals surface area contributed by atoms with Crippen molar-refractivity contribution in [1.29, 1.82) is 0 Å². The van der Waals surface area contributed by atoms with Gasteiger partial charge in [-0.15, -0.1) is 0 Å². The maximum atomic E-state index is 13.3. The summed E-state index contributed by atoms with van der Waals surface area (Å²) in [7, 11) is 0. The van der Waals surface area contributed by atoms with E-state index in [1.165, 1.54) is 5.56 Å². The number of nitrogens with zero attached hydrogens (tertiary/aromatic N) is 6. The van der Waals surface area contributed by atoms with Crippen LogP contribution in [-0.2, 0) is 6.42 Å². The van der Waals surface area contributed by atoms with Crippen LogP contribution in [0.4, 0.5) is 5.82 Å². The molecule has 0 N–H and O–H groups in total. The van der Waals surface area contributed by atoms with Crippen molar-refractivity contribution in [2.75, 3.05) is 31.1 Å². The molecule has 3 heterocycles. The lowest BCUT2D eigenvalue weighted by molar-refractivity contribution is 0.0767. The standard InChI is InChI=1S/C31H29ClN6O/c1-22-12-14-23(15-13-22)20-28-34-29(26-21-33-38(30(26)35-28)24-8-3-2-4-9-24)36-16-7-17-37(19-18-36)31(39)25-10-5-6-11-27(25)32/h2-6,8-15,21H,7,16-20H2,1H3. The monoisotopic (exact) mass is 536 g/mol. The predicted octanol–water partition coefficient (Wildman–Crippen LogP) is 5.72. The normalized spacial score (nSPS) is 14.0. The number of hydrogen-bond donors (Lipinski definition) is 0. The van der Waals surface area contributed by atoms with Gasteiger partial charge in [-0.05, 0) is 43.2 Å². The highest BCUT2D eigenvalue weighted by Crippen LogP contribution is 2.28. The smallest absolute Gasteiger partial charge is 0.255 e. The Hall–Kier alpha value is -4.23. The molecule has 0 atom stereocenters. The zero-order valence-corrected chi connectivity index (χ0v) is 22.6. The van der Waals surface area contributed by atoms with Crippen LogP contribution in [0.15, 0.2) is 85.1 Å². The van der Waals surface area contributed by atoms with Gasteiger partial charge in [0.05, 0.1) is 27.9 Å². The summed E-state index contributed by atoms with van der Waals surface area (Å²) in [5.74, 6) is 1.57. The highest BCUT2D eigenvalue weighted by molar-refractivity contribution is 6.33.